The van der Waals surface area contributed by atoms with Crippen LogP contribution in [0.3, 0.4) is 0 Å². The molecule has 1 aromatic heterocycles. The van der Waals surface area contributed by atoms with Crippen LogP contribution in [-0.2, 0) is 0 Å². The van der Waals surface area contributed by atoms with Crippen LogP contribution in [-0.4, -0.2) is 9.55 Å². The number of para-hydroxylation sites is 1. The number of fused-ring (bicyclic) bond motifs is 5. The molecular weight excluding hydrogens is 500 g/mol. The van der Waals surface area contributed by atoms with Crippen molar-refractivity contribution in [1.29, 1.82) is 0 Å². The van der Waals surface area contributed by atoms with Gasteiger partial charge in [-0.05, 0) is 91.8 Å². The SMILES string of the molecule is Cc1nc2cccc3c2n1-c1ccc(-c2c4ccccc4c(-c4ccc5ccccc5c4)c4ccccc24)cc1O3. The molecule has 0 saturated heterocycles. The van der Waals surface area contributed by atoms with Gasteiger partial charge >= 0.3 is 0 Å². The van der Waals surface area contributed by atoms with Crippen LogP contribution in [0, 0.1) is 6.92 Å². The van der Waals surface area contributed by atoms with Gasteiger partial charge in [0.1, 0.15) is 11.3 Å². The standard InChI is InChI=1S/C38H24N2O/c1-23-39-32-15-8-16-34-38(32)40(23)33-20-19-27(22-35(33)41-34)37-30-13-6-4-11-28(30)36(29-12-5-7-14-31(29)37)26-18-17-24-9-2-3-10-25(24)21-26/h2-22H,1H3. The minimum atomic E-state index is 0.842. The summed E-state index contributed by atoms with van der Waals surface area (Å²) in [5.74, 6) is 2.64. The van der Waals surface area contributed by atoms with Gasteiger partial charge < -0.3 is 4.74 Å². The van der Waals surface area contributed by atoms with Gasteiger partial charge in [-0.2, -0.15) is 0 Å². The zero-order valence-electron chi connectivity index (χ0n) is 22.4. The molecule has 2 heterocycles. The largest absolute Gasteiger partial charge is 0.453 e. The fourth-order valence-electron chi connectivity index (χ4n) is 6.74. The van der Waals surface area contributed by atoms with Crippen LogP contribution < -0.4 is 4.74 Å². The van der Waals surface area contributed by atoms with Gasteiger partial charge in [0.15, 0.2) is 11.5 Å². The van der Waals surface area contributed by atoms with Gasteiger partial charge in [0.25, 0.3) is 0 Å². The summed E-state index contributed by atoms with van der Waals surface area (Å²) in [6.07, 6.45) is 0. The minimum absolute atomic E-state index is 0.842. The van der Waals surface area contributed by atoms with Gasteiger partial charge in [-0.1, -0.05) is 97.1 Å². The van der Waals surface area contributed by atoms with Crippen molar-refractivity contribution in [1.82, 2.24) is 9.55 Å². The Bertz CT molecular complexity index is 2310. The maximum atomic E-state index is 6.52. The van der Waals surface area contributed by atoms with Gasteiger partial charge in [-0.15, -0.1) is 0 Å². The Morgan fingerprint density at radius 3 is 1.85 bits per heavy atom. The number of ether oxygens (including phenoxy) is 1. The van der Waals surface area contributed by atoms with Gasteiger partial charge in [-0.3, -0.25) is 4.57 Å². The molecule has 0 N–H and O–H groups in total. The average molecular weight is 525 g/mol. The highest BCUT2D eigenvalue weighted by atomic mass is 16.5. The zero-order valence-corrected chi connectivity index (χ0v) is 22.4. The Hall–Kier alpha value is -5.41. The molecule has 0 aliphatic carbocycles. The first-order chi connectivity index (χ1) is 20.2. The van der Waals surface area contributed by atoms with Crippen molar-refractivity contribution in [2.45, 2.75) is 6.92 Å². The van der Waals surface area contributed by atoms with Gasteiger partial charge in [0, 0.05) is 0 Å². The third-order valence-corrected chi connectivity index (χ3v) is 8.49. The van der Waals surface area contributed by atoms with E-state index in [4.69, 9.17) is 9.72 Å². The number of imidazole rings is 1. The number of hydrogen-bond acceptors (Lipinski definition) is 2. The molecule has 0 bridgehead atoms. The molecule has 1 aliphatic rings. The quantitative estimate of drug-likeness (QED) is 0.210. The second-order valence-electron chi connectivity index (χ2n) is 10.8. The van der Waals surface area contributed by atoms with Crippen LogP contribution in [0.4, 0.5) is 0 Å². The summed E-state index contributed by atoms with van der Waals surface area (Å²) in [7, 11) is 0. The Labute approximate surface area is 236 Å². The van der Waals surface area contributed by atoms with Crippen LogP contribution in [0.5, 0.6) is 11.5 Å². The van der Waals surface area contributed by atoms with Crippen molar-refractivity contribution in [2.24, 2.45) is 0 Å². The fraction of sp³-hybridized carbons (Fsp3) is 0.0263. The third-order valence-electron chi connectivity index (χ3n) is 8.49. The molecule has 3 heteroatoms. The normalized spacial score (nSPS) is 12.2. The summed E-state index contributed by atoms with van der Waals surface area (Å²) in [5, 5.41) is 7.44. The average Bonchev–Trinajstić information content (AvgIpc) is 3.36. The van der Waals surface area contributed by atoms with E-state index in [-0.39, 0.29) is 0 Å². The van der Waals surface area contributed by atoms with Gasteiger partial charge in [0.2, 0.25) is 0 Å². The van der Waals surface area contributed by atoms with Crippen LogP contribution in [0.15, 0.2) is 127 Å². The lowest BCUT2D eigenvalue weighted by Crippen LogP contribution is -2.05. The van der Waals surface area contributed by atoms with E-state index in [9.17, 15) is 0 Å². The van der Waals surface area contributed by atoms with Crippen molar-refractivity contribution in [3.8, 4) is 39.4 Å². The first kappa shape index (κ1) is 22.4. The molecule has 0 amide bonds. The molecule has 0 atom stereocenters. The highest BCUT2D eigenvalue weighted by Crippen LogP contribution is 2.47. The van der Waals surface area contributed by atoms with Gasteiger partial charge in [0.05, 0.1) is 11.2 Å². The molecule has 41 heavy (non-hydrogen) atoms. The molecule has 0 fully saturated rings. The second-order valence-corrected chi connectivity index (χ2v) is 10.8. The van der Waals surface area contributed by atoms with Crippen molar-refractivity contribution < 1.29 is 4.74 Å². The number of aryl methyl sites for hydroxylation is 1. The van der Waals surface area contributed by atoms with Crippen molar-refractivity contribution in [3.05, 3.63) is 133 Å². The van der Waals surface area contributed by atoms with Crippen molar-refractivity contribution >= 4 is 43.4 Å². The molecule has 0 radical (unpaired) electrons. The molecular formula is C38H24N2O. The Morgan fingerprint density at radius 1 is 0.537 bits per heavy atom. The predicted molar refractivity (Wildman–Crippen MR) is 169 cm³/mol. The fourth-order valence-corrected chi connectivity index (χ4v) is 6.74. The van der Waals surface area contributed by atoms with E-state index in [1.807, 2.05) is 18.2 Å². The summed E-state index contributed by atoms with van der Waals surface area (Å²) in [5.41, 5.74) is 7.86. The van der Waals surface area contributed by atoms with Crippen LogP contribution >= 0.6 is 0 Å². The minimum Gasteiger partial charge on any atom is -0.453 e. The monoisotopic (exact) mass is 524 g/mol. The summed E-state index contributed by atoms with van der Waals surface area (Å²) < 4.78 is 8.74. The smallest absolute Gasteiger partial charge is 0.153 e. The van der Waals surface area contributed by atoms with E-state index in [0.717, 1.165) is 39.6 Å². The van der Waals surface area contributed by atoms with E-state index < -0.39 is 0 Å². The Balaban J connectivity index is 1.33. The molecule has 7 aromatic carbocycles. The number of nitrogens with zero attached hydrogens (tertiary/aromatic N) is 2. The molecule has 0 spiro atoms. The maximum absolute atomic E-state index is 6.52. The van der Waals surface area contributed by atoms with E-state index in [1.54, 1.807) is 0 Å². The lowest BCUT2D eigenvalue weighted by Gasteiger charge is -2.22. The van der Waals surface area contributed by atoms with Crippen LogP contribution in [0.2, 0.25) is 0 Å². The van der Waals surface area contributed by atoms with Crippen molar-refractivity contribution in [2.75, 3.05) is 0 Å². The summed E-state index contributed by atoms with van der Waals surface area (Å²) in [6.45, 7) is 2.05. The zero-order chi connectivity index (χ0) is 27.1. The molecule has 3 nitrogen and oxygen atoms in total. The molecule has 0 unspecified atom stereocenters. The van der Waals surface area contributed by atoms with Crippen molar-refractivity contribution in [3.63, 3.8) is 0 Å². The summed E-state index contributed by atoms with van der Waals surface area (Å²) >= 11 is 0. The topological polar surface area (TPSA) is 27.1 Å². The van der Waals surface area contributed by atoms with Crippen LogP contribution in [0.25, 0.3) is 71.3 Å². The van der Waals surface area contributed by atoms with Crippen LogP contribution in [0.1, 0.15) is 5.82 Å². The van der Waals surface area contributed by atoms with E-state index in [2.05, 4.69) is 121 Å². The predicted octanol–water partition coefficient (Wildman–Crippen LogP) is 10.2. The van der Waals surface area contributed by atoms with E-state index in [1.165, 1.54) is 49.0 Å². The summed E-state index contributed by atoms with van der Waals surface area (Å²) in [6, 6.07) is 45.6. The lowest BCUT2D eigenvalue weighted by molar-refractivity contribution is 0.475. The molecule has 192 valence electrons. The molecule has 9 rings (SSSR count). The molecule has 8 aromatic rings. The Morgan fingerprint density at radius 2 is 1.15 bits per heavy atom. The number of hydrogen-bond donors (Lipinski definition) is 0. The lowest BCUT2D eigenvalue weighted by atomic mass is 9.85. The highest BCUT2D eigenvalue weighted by Gasteiger charge is 2.24. The number of aromatic nitrogens is 2. The Kier molecular flexibility index (Phi) is 4.53. The number of benzene rings is 7. The first-order valence-corrected chi connectivity index (χ1v) is 14.0. The second kappa shape index (κ2) is 8.30. The number of rotatable bonds is 2. The summed E-state index contributed by atoms with van der Waals surface area (Å²) in [4.78, 5) is 4.79. The van der Waals surface area contributed by atoms with E-state index >= 15 is 0 Å². The molecule has 1 aliphatic heterocycles. The first-order valence-electron chi connectivity index (χ1n) is 14.0. The van der Waals surface area contributed by atoms with Gasteiger partial charge in [-0.25, -0.2) is 4.98 Å². The van der Waals surface area contributed by atoms with E-state index in [0.29, 0.717) is 0 Å². The highest BCUT2D eigenvalue weighted by molar-refractivity contribution is 6.21. The molecule has 0 saturated carbocycles. The third kappa shape index (κ3) is 3.17. The maximum Gasteiger partial charge on any atom is 0.153 e.